The first kappa shape index (κ1) is 67.1. The van der Waals surface area contributed by atoms with E-state index in [0.29, 0.717) is 5.92 Å². The van der Waals surface area contributed by atoms with Gasteiger partial charge in [-0.2, -0.15) is 0 Å². The minimum atomic E-state index is -0.611. The van der Waals surface area contributed by atoms with E-state index in [1.165, 1.54) is 38.5 Å². The Kier molecular flexibility index (Phi) is 94.7. The molecule has 0 aromatic rings. The Morgan fingerprint density at radius 2 is 0.756 bits per heavy atom. The summed E-state index contributed by atoms with van der Waals surface area (Å²) in [5.74, 6) is 0.451. The van der Waals surface area contributed by atoms with Gasteiger partial charge in [0.15, 0.2) is 32.0 Å². The third kappa shape index (κ3) is 288. The first-order chi connectivity index (χ1) is 18.1. The van der Waals surface area contributed by atoms with Crippen molar-refractivity contribution in [3.63, 3.8) is 0 Å². The molecular formula is C18H55N6NiO13P3. The Balaban J connectivity index is -0.0000000355. The van der Waals surface area contributed by atoms with Crippen LogP contribution in [0.4, 0.5) is 0 Å². The monoisotopic (exact) mass is 714 g/mol. The van der Waals surface area contributed by atoms with E-state index < -0.39 is 19.9 Å². The molecule has 0 amide bonds. The van der Waals surface area contributed by atoms with Gasteiger partial charge in [-0.1, -0.05) is 40.0 Å². The summed E-state index contributed by atoms with van der Waals surface area (Å²) in [5, 5.41) is 56.9. The molecule has 0 heterocycles. The zero-order chi connectivity index (χ0) is 34.9. The maximum absolute atomic E-state index is 10.1. The number of hydrogen-bond acceptors (Lipinski definition) is 13. The average Bonchev–Trinajstić information content (AvgIpc) is 2.73. The minimum absolute atomic E-state index is 0. The predicted molar refractivity (Wildman–Crippen MR) is 168 cm³/mol. The van der Waals surface area contributed by atoms with Crippen molar-refractivity contribution in [2.75, 3.05) is 53.3 Å². The quantitative estimate of drug-likeness (QED) is 0.0666. The third-order valence-electron chi connectivity index (χ3n) is 2.49. The van der Waals surface area contributed by atoms with E-state index in [2.05, 4.69) is 83.3 Å². The van der Waals surface area contributed by atoms with Crippen LogP contribution in [0.1, 0.15) is 52.9 Å². The molecule has 0 aliphatic heterocycles. The van der Waals surface area contributed by atoms with Gasteiger partial charge in [0.1, 0.15) is 0 Å². The maximum Gasteiger partial charge on any atom is 0.152 e. The molecule has 0 aromatic carbocycles. The Morgan fingerprint density at radius 1 is 0.585 bits per heavy atom. The van der Waals surface area contributed by atoms with E-state index in [1.54, 1.807) is 0 Å². The molecule has 3 unspecified atom stereocenters. The maximum atomic E-state index is 10.1. The van der Waals surface area contributed by atoms with Gasteiger partial charge in [-0.3, -0.25) is 0 Å². The molecule has 0 radical (unpaired) electrons. The normalized spacial score (nSPS) is 11.0. The van der Waals surface area contributed by atoms with Crippen molar-refractivity contribution in [1.29, 1.82) is 0 Å². The van der Waals surface area contributed by atoms with Crippen LogP contribution in [0.5, 0.6) is 0 Å². The van der Waals surface area contributed by atoms with Crippen molar-refractivity contribution in [2.45, 2.75) is 58.2 Å². The standard InChI is InChI=1S/C10H23OP.2C4H13P.6HNO2.Ni/c1-4-7-9(6-3)10(11,12)8-5-2;2*1-5(2,3)4;6*2-1-3;/h9,11H,4-8,12H2,1-3H3;2*5H,1-4H3;6*(H,2,3);. The molecule has 41 heavy (non-hydrogen) atoms. The summed E-state index contributed by atoms with van der Waals surface area (Å²) in [4.78, 5) is 48.7. The topological polar surface area (TPSA) is 318 Å². The molecule has 0 rings (SSSR count). The fraction of sp³-hybridized carbons (Fsp3) is 1.00. The fourth-order valence-corrected chi connectivity index (χ4v) is 2.45. The van der Waals surface area contributed by atoms with E-state index in [1.807, 2.05) is 0 Å². The van der Waals surface area contributed by atoms with Crippen LogP contribution in [0.25, 0.3) is 0 Å². The molecule has 0 saturated heterocycles. The molecule has 260 valence electrons. The molecule has 3 atom stereocenters. The van der Waals surface area contributed by atoms with Gasteiger partial charge in [-0.15, -0.1) is 38.7 Å². The van der Waals surface area contributed by atoms with Gasteiger partial charge in [-0.25, -0.2) is 0 Å². The second-order valence-corrected chi connectivity index (χ2v) is 23.1. The van der Waals surface area contributed by atoms with Gasteiger partial charge < -0.3 is 36.4 Å². The van der Waals surface area contributed by atoms with Crippen molar-refractivity contribution in [1.82, 2.24) is 0 Å². The van der Waals surface area contributed by atoms with Crippen molar-refractivity contribution < 1.29 is 52.8 Å². The molecule has 0 fully saturated rings. The molecule has 23 heteroatoms. The second-order valence-electron chi connectivity index (χ2n) is 10.1. The Morgan fingerprint density at radius 3 is 0.854 bits per heavy atom. The van der Waals surface area contributed by atoms with Crippen LogP contribution in [0.3, 0.4) is 0 Å². The van der Waals surface area contributed by atoms with Crippen LogP contribution in [-0.2, 0) is 16.5 Å². The molecule has 0 aliphatic carbocycles. The SMILES string of the molecule is CCCC(CC)C(O)(P)CCC.C[PH](C)(C)C.C[PH](C)(C)C.O=NO.O=NO.O=NO.O=NO.O=NO.O=NO.[Ni]. The molecule has 0 saturated carbocycles. The summed E-state index contributed by atoms with van der Waals surface area (Å²) >= 11 is 0. The molecule has 0 spiro atoms. The minimum Gasteiger partial charge on any atom is -0.379 e. The summed E-state index contributed by atoms with van der Waals surface area (Å²) in [6, 6.07) is 0. The summed E-state index contributed by atoms with van der Waals surface area (Å²) < 4.78 is 0. The molecule has 0 aromatic heterocycles. The Bertz CT molecular complexity index is 451. The largest absolute Gasteiger partial charge is 0.379 e. The van der Waals surface area contributed by atoms with Gasteiger partial charge in [0, 0.05) is 16.5 Å². The van der Waals surface area contributed by atoms with Crippen LogP contribution < -0.4 is 0 Å². The van der Waals surface area contributed by atoms with Crippen molar-refractivity contribution in [3.05, 3.63) is 29.4 Å². The number of aliphatic hydroxyl groups is 1. The van der Waals surface area contributed by atoms with E-state index in [9.17, 15) is 5.11 Å². The van der Waals surface area contributed by atoms with Gasteiger partial charge in [0.05, 0.1) is 5.34 Å². The first-order valence-electron chi connectivity index (χ1n) is 11.4. The van der Waals surface area contributed by atoms with Crippen molar-refractivity contribution in [2.24, 2.45) is 38.0 Å². The summed E-state index contributed by atoms with van der Waals surface area (Å²) in [6.07, 6.45) is 5.33. The number of nitrogens with zero attached hydrogens (tertiary/aromatic N) is 6. The molecule has 0 bridgehead atoms. The Hall–Kier alpha value is -1.86. The molecular weight excluding hydrogens is 660 g/mol. The second kappa shape index (κ2) is 57.9. The Labute approximate surface area is 255 Å². The summed E-state index contributed by atoms with van der Waals surface area (Å²) in [7, 11) is 1.40. The van der Waals surface area contributed by atoms with Crippen LogP contribution >= 0.6 is 23.8 Å². The van der Waals surface area contributed by atoms with Crippen LogP contribution in [-0.4, -0.2) is 95.0 Å². The third-order valence-corrected chi connectivity index (χ3v) is 3.25. The number of hydrogen-bond donors (Lipinski definition) is 7. The molecule has 7 N–H and O–H groups in total. The van der Waals surface area contributed by atoms with Gasteiger partial charge >= 0.3 is 67.8 Å². The summed E-state index contributed by atoms with van der Waals surface area (Å²) in [6.45, 7) is 25.1. The van der Waals surface area contributed by atoms with Gasteiger partial charge in [0.2, 0.25) is 0 Å². The first-order valence-corrected chi connectivity index (χ1v) is 20.0. The van der Waals surface area contributed by atoms with E-state index in [0.717, 1.165) is 25.7 Å². The summed E-state index contributed by atoms with van der Waals surface area (Å²) in [5.41, 5.74) is 0. The van der Waals surface area contributed by atoms with Gasteiger partial charge in [-0.05, 0) is 18.8 Å². The van der Waals surface area contributed by atoms with Crippen LogP contribution in [0.15, 0.2) is 32.0 Å². The van der Waals surface area contributed by atoms with E-state index in [4.69, 9.17) is 60.7 Å². The molecule has 19 nitrogen and oxygen atoms in total. The number of rotatable bonds is 6. The zero-order valence-corrected chi connectivity index (χ0v) is 29.9. The van der Waals surface area contributed by atoms with Crippen molar-refractivity contribution >= 4 is 23.8 Å². The van der Waals surface area contributed by atoms with Crippen LogP contribution in [0.2, 0.25) is 0 Å². The smallest absolute Gasteiger partial charge is 0.152 e. The van der Waals surface area contributed by atoms with Crippen LogP contribution in [0, 0.1) is 35.4 Å². The average molecular weight is 715 g/mol. The predicted octanol–water partition coefficient (Wildman–Crippen LogP) is 6.54. The van der Waals surface area contributed by atoms with Gasteiger partial charge in [0.25, 0.3) is 0 Å². The van der Waals surface area contributed by atoms with Crippen molar-refractivity contribution in [3.8, 4) is 0 Å². The zero-order valence-electron chi connectivity index (χ0n) is 25.8. The van der Waals surface area contributed by atoms with E-state index in [-0.39, 0.29) is 16.5 Å². The fourth-order valence-electron chi connectivity index (χ4n) is 1.76. The molecule has 0 aliphatic rings. The van der Waals surface area contributed by atoms with E-state index >= 15 is 0 Å².